The van der Waals surface area contributed by atoms with Crippen LogP contribution in [0.4, 0.5) is 0 Å². The summed E-state index contributed by atoms with van der Waals surface area (Å²) in [4.78, 5) is 0. The van der Waals surface area contributed by atoms with Crippen LogP contribution in [-0.2, 0) is 0 Å². The van der Waals surface area contributed by atoms with E-state index in [1.807, 2.05) is 11.8 Å². The van der Waals surface area contributed by atoms with Gasteiger partial charge in [-0.25, -0.2) is 0 Å². The van der Waals surface area contributed by atoms with E-state index in [1.165, 1.54) is 0 Å². The number of thioether (sulfide) groups is 2. The summed E-state index contributed by atoms with van der Waals surface area (Å²) >= 11 is 3.49. The molecular weight excluding hydrogens is 166 g/mol. The second-order valence-corrected chi connectivity index (χ2v) is 5.41. The highest BCUT2D eigenvalue weighted by Crippen LogP contribution is 2.36. The van der Waals surface area contributed by atoms with Crippen LogP contribution in [0, 0.1) is 0 Å². The molecule has 58 valence electrons. The molecule has 1 heterocycles. The molecule has 1 rings (SSSR count). The lowest BCUT2D eigenvalue weighted by molar-refractivity contribution is 0.318. The highest BCUT2D eigenvalue weighted by atomic mass is 32.2. The summed E-state index contributed by atoms with van der Waals surface area (Å²) < 4.78 is 0.0255. The zero-order chi connectivity index (χ0) is 7.61. The van der Waals surface area contributed by atoms with E-state index in [2.05, 4.69) is 19.0 Å². The second kappa shape index (κ2) is 3.05. The second-order valence-electron chi connectivity index (χ2n) is 2.61. The molecular formula is C6H11NOS2. The monoisotopic (exact) mass is 177 g/mol. The Bertz CT molecular complexity index is 156. The van der Waals surface area contributed by atoms with Crippen molar-refractivity contribution in [2.45, 2.75) is 18.6 Å². The first-order valence-electron chi connectivity index (χ1n) is 3.16. The van der Waals surface area contributed by atoms with Crippen LogP contribution in [0.15, 0.2) is 5.16 Å². The predicted octanol–water partition coefficient (Wildman–Crippen LogP) is 2.03. The summed E-state index contributed by atoms with van der Waals surface area (Å²) in [5, 5.41) is 12.7. The van der Waals surface area contributed by atoms with E-state index in [0.29, 0.717) is 0 Å². The molecule has 2 nitrogen and oxygen atoms in total. The Kier molecular flexibility index (Phi) is 2.52. The standard InChI is InChI=1S/C6H11NOS2/c1-6(2)5(7-8)9-3-4-10-6/h8H,3-4H2,1-2H3/b7-5+. The van der Waals surface area contributed by atoms with Gasteiger partial charge in [0.1, 0.15) is 5.04 Å². The Labute approximate surface area is 69.4 Å². The number of rotatable bonds is 0. The van der Waals surface area contributed by atoms with Gasteiger partial charge in [0.2, 0.25) is 0 Å². The third-order valence-corrected chi connectivity index (χ3v) is 4.38. The quantitative estimate of drug-likeness (QED) is 0.454. The minimum atomic E-state index is 0.0255. The van der Waals surface area contributed by atoms with E-state index < -0.39 is 0 Å². The molecule has 1 fully saturated rings. The van der Waals surface area contributed by atoms with Crippen molar-refractivity contribution in [1.82, 2.24) is 0 Å². The summed E-state index contributed by atoms with van der Waals surface area (Å²) in [7, 11) is 0. The molecule has 1 aliphatic heterocycles. The fraction of sp³-hybridized carbons (Fsp3) is 0.833. The molecule has 0 aromatic carbocycles. The fourth-order valence-electron chi connectivity index (χ4n) is 0.820. The number of hydrogen-bond donors (Lipinski definition) is 1. The van der Waals surface area contributed by atoms with Crippen LogP contribution in [-0.4, -0.2) is 26.5 Å². The molecule has 4 heteroatoms. The molecule has 0 amide bonds. The van der Waals surface area contributed by atoms with Gasteiger partial charge in [-0.1, -0.05) is 5.16 Å². The van der Waals surface area contributed by atoms with Crippen molar-refractivity contribution in [2.75, 3.05) is 11.5 Å². The SMILES string of the molecule is CC1(C)SCCS/C1=N/O. The Morgan fingerprint density at radius 1 is 1.50 bits per heavy atom. The number of oxime groups is 1. The van der Waals surface area contributed by atoms with Gasteiger partial charge in [0.15, 0.2) is 0 Å². The van der Waals surface area contributed by atoms with Gasteiger partial charge in [0.05, 0.1) is 4.75 Å². The van der Waals surface area contributed by atoms with Crippen LogP contribution >= 0.6 is 23.5 Å². The zero-order valence-electron chi connectivity index (χ0n) is 6.13. The smallest absolute Gasteiger partial charge is 0.128 e. The topological polar surface area (TPSA) is 32.6 Å². The first kappa shape index (κ1) is 8.27. The largest absolute Gasteiger partial charge is 0.410 e. The van der Waals surface area contributed by atoms with E-state index in [0.717, 1.165) is 16.5 Å². The van der Waals surface area contributed by atoms with Gasteiger partial charge < -0.3 is 5.21 Å². The van der Waals surface area contributed by atoms with E-state index in [9.17, 15) is 0 Å². The van der Waals surface area contributed by atoms with Crippen molar-refractivity contribution in [3.8, 4) is 0 Å². The highest BCUT2D eigenvalue weighted by molar-refractivity contribution is 8.18. The van der Waals surface area contributed by atoms with Crippen molar-refractivity contribution < 1.29 is 5.21 Å². The number of hydrogen-bond acceptors (Lipinski definition) is 4. The Hall–Kier alpha value is 0.170. The Morgan fingerprint density at radius 3 is 2.60 bits per heavy atom. The first-order chi connectivity index (χ1) is 4.67. The van der Waals surface area contributed by atoms with Gasteiger partial charge in [-0.2, -0.15) is 0 Å². The van der Waals surface area contributed by atoms with E-state index in [1.54, 1.807) is 11.8 Å². The molecule has 0 atom stereocenters. The van der Waals surface area contributed by atoms with Gasteiger partial charge in [0, 0.05) is 11.5 Å². The summed E-state index contributed by atoms with van der Waals surface area (Å²) in [6.45, 7) is 4.16. The lowest BCUT2D eigenvalue weighted by atomic mass is 10.2. The van der Waals surface area contributed by atoms with Gasteiger partial charge in [-0.05, 0) is 13.8 Å². The molecule has 0 radical (unpaired) electrons. The molecule has 10 heavy (non-hydrogen) atoms. The van der Waals surface area contributed by atoms with Crippen LogP contribution in [0.25, 0.3) is 0 Å². The van der Waals surface area contributed by atoms with Crippen LogP contribution in [0.1, 0.15) is 13.8 Å². The van der Waals surface area contributed by atoms with Crippen LogP contribution in [0.5, 0.6) is 0 Å². The summed E-state index contributed by atoms with van der Waals surface area (Å²) in [5.74, 6) is 2.21. The molecule has 1 saturated heterocycles. The molecule has 0 aromatic rings. The van der Waals surface area contributed by atoms with Crippen molar-refractivity contribution in [2.24, 2.45) is 5.16 Å². The van der Waals surface area contributed by atoms with Gasteiger partial charge >= 0.3 is 0 Å². The highest BCUT2D eigenvalue weighted by Gasteiger charge is 2.30. The average molecular weight is 177 g/mol. The maximum atomic E-state index is 8.58. The molecule has 0 spiro atoms. The van der Waals surface area contributed by atoms with E-state index in [4.69, 9.17) is 5.21 Å². The van der Waals surface area contributed by atoms with Crippen LogP contribution < -0.4 is 0 Å². The molecule has 1 N–H and O–H groups in total. The van der Waals surface area contributed by atoms with Crippen LogP contribution in [0.2, 0.25) is 0 Å². The van der Waals surface area contributed by atoms with E-state index in [-0.39, 0.29) is 4.75 Å². The van der Waals surface area contributed by atoms with Gasteiger partial charge in [-0.15, -0.1) is 23.5 Å². The van der Waals surface area contributed by atoms with Gasteiger partial charge in [0.25, 0.3) is 0 Å². The zero-order valence-corrected chi connectivity index (χ0v) is 7.76. The molecule has 0 bridgehead atoms. The lowest BCUT2D eigenvalue weighted by Crippen LogP contribution is -2.30. The van der Waals surface area contributed by atoms with Crippen molar-refractivity contribution in [1.29, 1.82) is 0 Å². The first-order valence-corrected chi connectivity index (χ1v) is 5.13. The minimum Gasteiger partial charge on any atom is -0.410 e. The molecule has 0 unspecified atom stereocenters. The number of nitrogens with zero attached hydrogens (tertiary/aromatic N) is 1. The van der Waals surface area contributed by atoms with Crippen LogP contribution in [0.3, 0.4) is 0 Å². The molecule has 0 aromatic heterocycles. The third-order valence-electron chi connectivity index (χ3n) is 1.39. The Balaban J connectivity index is 2.70. The lowest BCUT2D eigenvalue weighted by Gasteiger charge is -2.28. The molecule has 1 aliphatic rings. The summed E-state index contributed by atoms with van der Waals surface area (Å²) in [6.07, 6.45) is 0. The van der Waals surface area contributed by atoms with Crippen molar-refractivity contribution in [3.05, 3.63) is 0 Å². The summed E-state index contributed by atoms with van der Waals surface area (Å²) in [5.41, 5.74) is 0. The molecule has 0 saturated carbocycles. The summed E-state index contributed by atoms with van der Waals surface area (Å²) in [6, 6.07) is 0. The Morgan fingerprint density at radius 2 is 2.20 bits per heavy atom. The normalized spacial score (nSPS) is 28.8. The predicted molar refractivity (Wildman–Crippen MR) is 48.2 cm³/mol. The van der Waals surface area contributed by atoms with E-state index >= 15 is 0 Å². The molecule has 0 aliphatic carbocycles. The van der Waals surface area contributed by atoms with Crippen molar-refractivity contribution in [3.63, 3.8) is 0 Å². The van der Waals surface area contributed by atoms with Gasteiger partial charge in [-0.3, -0.25) is 0 Å². The minimum absolute atomic E-state index is 0.0255. The average Bonchev–Trinajstić information content (AvgIpc) is 1.87. The maximum absolute atomic E-state index is 8.58. The fourth-order valence-corrected chi connectivity index (χ4v) is 3.11. The van der Waals surface area contributed by atoms with Crippen molar-refractivity contribution >= 4 is 28.6 Å². The maximum Gasteiger partial charge on any atom is 0.128 e. The third kappa shape index (κ3) is 1.61.